The number of aryl methyl sites for hydroxylation is 1. The normalized spacial score (nSPS) is 14.0. The van der Waals surface area contributed by atoms with Crippen LogP contribution < -0.4 is 16.6 Å². The third kappa shape index (κ3) is 4.50. The summed E-state index contributed by atoms with van der Waals surface area (Å²) in [4.78, 5) is 18.5. The number of hydrogen-bond donors (Lipinski definition) is 3. The van der Waals surface area contributed by atoms with Crippen LogP contribution in [0.1, 0.15) is 25.0 Å². The average molecular weight is 296 g/mol. The molecule has 1 aliphatic carbocycles. The number of anilines is 2. The smallest absolute Gasteiger partial charge is 0.332 e. The fraction of sp³-hybridized carbons (Fsp3) is 0.667. The molecule has 0 atom stereocenters. The summed E-state index contributed by atoms with van der Waals surface area (Å²) in [5, 5.41) is 14.0. The molecule has 21 heavy (non-hydrogen) atoms. The molecule has 0 bridgehead atoms. The standard InChI is InChI=1S/C12H20N6O3/c1-8-10(18(19)20)11(16-12(15-8)17-13)14-5-2-6-21-7-9-3-4-9/h9H,2-7,13H2,1H3,(H2,14,15,16,17). The van der Waals surface area contributed by atoms with Crippen LogP contribution >= 0.6 is 0 Å². The Kier molecular flexibility index (Phi) is 5.23. The highest BCUT2D eigenvalue weighted by Gasteiger charge is 2.22. The first-order valence-corrected chi connectivity index (χ1v) is 6.93. The van der Waals surface area contributed by atoms with Gasteiger partial charge in [-0.05, 0) is 32.1 Å². The lowest BCUT2D eigenvalue weighted by Crippen LogP contribution is -2.15. The van der Waals surface area contributed by atoms with Gasteiger partial charge in [0.25, 0.3) is 0 Å². The fourth-order valence-electron chi connectivity index (χ4n) is 1.89. The summed E-state index contributed by atoms with van der Waals surface area (Å²) in [5.74, 6) is 6.30. The molecule has 4 N–H and O–H groups in total. The van der Waals surface area contributed by atoms with E-state index in [0.29, 0.717) is 13.2 Å². The Morgan fingerprint density at radius 1 is 1.48 bits per heavy atom. The minimum absolute atomic E-state index is 0.132. The van der Waals surface area contributed by atoms with Crippen LogP contribution in [0, 0.1) is 23.0 Å². The number of aromatic nitrogens is 2. The largest absolute Gasteiger partial charge is 0.381 e. The minimum atomic E-state index is -0.498. The molecule has 1 fully saturated rings. The van der Waals surface area contributed by atoms with Gasteiger partial charge in [0.05, 0.1) is 4.92 Å². The summed E-state index contributed by atoms with van der Waals surface area (Å²) in [6, 6.07) is 0. The fourth-order valence-corrected chi connectivity index (χ4v) is 1.89. The molecule has 0 aromatic carbocycles. The van der Waals surface area contributed by atoms with Gasteiger partial charge in [-0.25, -0.2) is 10.8 Å². The molecule has 0 unspecified atom stereocenters. The SMILES string of the molecule is Cc1nc(NN)nc(NCCCOCC2CC2)c1[N+](=O)[O-]. The van der Waals surface area contributed by atoms with Crippen molar-refractivity contribution in [2.24, 2.45) is 11.8 Å². The zero-order valence-electron chi connectivity index (χ0n) is 12.0. The second kappa shape index (κ2) is 7.14. The molecule has 1 aromatic rings. The Morgan fingerprint density at radius 3 is 2.86 bits per heavy atom. The lowest BCUT2D eigenvalue weighted by atomic mass is 10.3. The highest BCUT2D eigenvalue weighted by Crippen LogP contribution is 2.29. The van der Waals surface area contributed by atoms with Crippen molar-refractivity contribution in [1.82, 2.24) is 9.97 Å². The van der Waals surface area contributed by atoms with Crippen molar-refractivity contribution in [3.05, 3.63) is 15.8 Å². The topological polar surface area (TPSA) is 128 Å². The van der Waals surface area contributed by atoms with Gasteiger partial charge in [0.2, 0.25) is 11.8 Å². The van der Waals surface area contributed by atoms with Gasteiger partial charge >= 0.3 is 5.69 Å². The highest BCUT2D eigenvalue weighted by atomic mass is 16.6. The first kappa shape index (κ1) is 15.4. The maximum atomic E-state index is 11.1. The van der Waals surface area contributed by atoms with Crippen molar-refractivity contribution in [2.45, 2.75) is 26.2 Å². The second-order valence-corrected chi connectivity index (χ2v) is 5.03. The van der Waals surface area contributed by atoms with E-state index >= 15 is 0 Å². The van der Waals surface area contributed by atoms with E-state index in [9.17, 15) is 10.1 Å². The van der Waals surface area contributed by atoms with E-state index in [1.807, 2.05) is 0 Å². The third-order valence-corrected chi connectivity index (χ3v) is 3.18. The van der Waals surface area contributed by atoms with Gasteiger partial charge in [-0.15, -0.1) is 0 Å². The van der Waals surface area contributed by atoms with Crippen LogP contribution in [0.15, 0.2) is 0 Å². The van der Waals surface area contributed by atoms with Crippen molar-refractivity contribution < 1.29 is 9.66 Å². The van der Waals surface area contributed by atoms with E-state index in [0.717, 1.165) is 18.9 Å². The quantitative estimate of drug-likeness (QED) is 0.268. The van der Waals surface area contributed by atoms with Crippen molar-refractivity contribution in [3.63, 3.8) is 0 Å². The van der Waals surface area contributed by atoms with Crippen LogP contribution in [0.25, 0.3) is 0 Å². The number of nitrogens with two attached hydrogens (primary N) is 1. The Bertz CT molecular complexity index is 506. The van der Waals surface area contributed by atoms with E-state index in [4.69, 9.17) is 10.6 Å². The number of hydrazine groups is 1. The van der Waals surface area contributed by atoms with E-state index in [2.05, 4.69) is 20.7 Å². The van der Waals surface area contributed by atoms with Crippen LogP contribution in [0.2, 0.25) is 0 Å². The Labute approximate surface area is 122 Å². The molecule has 1 heterocycles. The number of nitrogens with zero attached hydrogens (tertiary/aromatic N) is 3. The van der Waals surface area contributed by atoms with Gasteiger partial charge < -0.3 is 10.1 Å². The number of nitrogen functional groups attached to an aromatic ring is 1. The lowest BCUT2D eigenvalue weighted by molar-refractivity contribution is -0.385. The zero-order chi connectivity index (χ0) is 15.2. The molecule has 9 nitrogen and oxygen atoms in total. The van der Waals surface area contributed by atoms with E-state index in [1.54, 1.807) is 6.92 Å². The van der Waals surface area contributed by atoms with Crippen LogP contribution in [0.3, 0.4) is 0 Å². The summed E-state index contributed by atoms with van der Waals surface area (Å²) in [7, 11) is 0. The van der Waals surface area contributed by atoms with Crippen LogP contribution in [0.4, 0.5) is 17.5 Å². The number of rotatable bonds is 9. The zero-order valence-corrected chi connectivity index (χ0v) is 12.0. The molecule has 2 rings (SSSR count). The van der Waals surface area contributed by atoms with Crippen molar-refractivity contribution in [2.75, 3.05) is 30.5 Å². The van der Waals surface area contributed by atoms with E-state index < -0.39 is 4.92 Å². The van der Waals surface area contributed by atoms with Gasteiger partial charge in [0.1, 0.15) is 5.69 Å². The minimum Gasteiger partial charge on any atom is -0.381 e. The molecule has 1 saturated carbocycles. The summed E-state index contributed by atoms with van der Waals surface area (Å²) < 4.78 is 5.50. The summed E-state index contributed by atoms with van der Waals surface area (Å²) in [6.07, 6.45) is 3.28. The van der Waals surface area contributed by atoms with Crippen LogP contribution in [-0.4, -0.2) is 34.6 Å². The van der Waals surface area contributed by atoms with Gasteiger partial charge in [-0.1, -0.05) is 0 Å². The monoisotopic (exact) mass is 296 g/mol. The highest BCUT2D eigenvalue weighted by molar-refractivity contribution is 5.60. The number of nitrogens with one attached hydrogen (secondary N) is 2. The molecule has 1 aromatic heterocycles. The molecule has 9 heteroatoms. The predicted octanol–water partition coefficient (Wildman–Crippen LogP) is 1.21. The summed E-state index contributed by atoms with van der Waals surface area (Å²) in [5.41, 5.74) is 2.42. The molecule has 0 amide bonds. The maximum absolute atomic E-state index is 11.1. The van der Waals surface area contributed by atoms with Crippen LogP contribution in [-0.2, 0) is 4.74 Å². The maximum Gasteiger partial charge on any atom is 0.332 e. The van der Waals surface area contributed by atoms with Crippen molar-refractivity contribution >= 4 is 17.5 Å². The number of hydrogen-bond acceptors (Lipinski definition) is 8. The Morgan fingerprint density at radius 2 is 2.24 bits per heavy atom. The lowest BCUT2D eigenvalue weighted by Gasteiger charge is -2.09. The molecule has 0 aliphatic heterocycles. The molecule has 0 radical (unpaired) electrons. The van der Waals surface area contributed by atoms with Gasteiger partial charge in [-0.3, -0.25) is 15.5 Å². The summed E-state index contributed by atoms with van der Waals surface area (Å²) >= 11 is 0. The molecular weight excluding hydrogens is 276 g/mol. The van der Waals surface area contributed by atoms with Gasteiger partial charge in [0.15, 0.2) is 0 Å². The first-order valence-electron chi connectivity index (χ1n) is 6.93. The van der Waals surface area contributed by atoms with Crippen molar-refractivity contribution in [1.29, 1.82) is 0 Å². The molecular formula is C12H20N6O3. The number of nitro groups is 1. The summed E-state index contributed by atoms with van der Waals surface area (Å²) in [6.45, 7) is 3.52. The van der Waals surface area contributed by atoms with E-state index in [-0.39, 0.29) is 23.1 Å². The predicted molar refractivity (Wildman–Crippen MR) is 77.9 cm³/mol. The Hall–Kier alpha value is -2.00. The van der Waals surface area contributed by atoms with Gasteiger partial charge in [-0.2, -0.15) is 4.98 Å². The van der Waals surface area contributed by atoms with Crippen molar-refractivity contribution in [3.8, 4) is 0 Å². The van der Waals surface area contributed by atoms with Gasteiger partial charge in [0, 0.05) is 19.8 Å². The molecule has 0 saturated heterocycles. The van der Waals surface area contributed by atoms with E-state index in [1.165, 1.54) is 12.8 Å². The number of ether oxygens (including phenoxy) is 1. The van der Waals surface area contributed by atoms with Crippen LogP contribution in [0.5, 0.6) is 0 Å². The third-order valence-electron chi connectivity index (χ3n) is 3.18. The molecule has 1 aliphatic rings. The Balaban J connectivity index is 1.87. The average Bonchev–Trinajstić information content (AvgIpc) is 3.25. The molecule has 0 spiro atoms. The molecule has 116 valence electrons. The first-order chi connectivity index (χ1) is 10.1. The second-order valence-electron chi connectivity index (χ2n) is 5.03.